The molecule has 0 aliphatic heterocycles. The molecular formula is C12H10N4S. The first-order valence-corrected chi connectivity index (χ1v) is 6.00. The molecule has 3 aromatic heterocycles. The predicted octanol–water partition coefficient (Wildman–Crippen LogP) is 2.64. The fraction of sp³-hybridized carbons (Fsp3) is 0.0833. The molecule has 0 aromatic carbocycles. The number of aromatic nitrogens is 3. The van der Waals surface area contributed by atoms with E-state index in [2.05, 4.69) is 15.0 Å². The Bertz CT molecular complexity index is 690. The highest BCUT2D eigenvalue weighted by Crippen LogP contribution is 2.30. The molecule has 0 aliphatic carbocycles. The lowest BCUT2D eigenvalue weighted by atomic mass is 10.2. The molecule has 0 unspecified atom stereocenters. The largest absolute Gasteiger partial charge is 0.384 e. The second kappa shape index (κ2) is 3.78. The average Bonchev–Trinajstić information content (AvgIpc) is 2.72. The van der Waals surface area contributed by atoms with Gasteiger partial charge in [0.05, 0.1) is 10.2 Å². The Morgan fingerprint density at radius 1 is 1.29 bits per heavy atom. The molecule has 0 atom stereocenters. The summed E-state index contributed by atoms with van der Waals surface area (Å²) in [5.41, 5.74) is 8.56. The highest BCUT2D eigenvalue weighted by Gasteiger charge is 2.09. The van der Waals surface area contributed by atoms with Crippen LogP contribution in [0.4, 0.5) is 5.82 Å². The van der Waals surface area contributed by atoms with Crippen molar-refractivity contribution in [3.8, 4) is 10.7 Å². The molecule has 0 saturated carbocycles. The zero-order chi connectivity index (χ0) is 11.8. The number of hydrogen-bond acceptors (Lipinski definition) is 5. The first-order valence-electron chi connectivity index (χ1n) is 5.18. The van der Waals surface area contributed by atoms with Crippen molar-refractivity contribution >= 4 is 27.4 Å². The van der Waals surface area contributed by atoms with Crippen LogP contribution in [0.5, 0.6) is 0 Å². The predicted molar refractivity (Wildman–Crippen MR) is 69.8 cm³/mol. The lowest BCUT2D eigenvalue weighted by Crippen LogP contribution is -1.87. The number of fused-ring (bicyclic) bond motifs is 1. The summed E-state index contributed by atoms with van der Waals surface area (Å²) in [4.78, 5) is 13.0. The van der Waals surface area contributed by atoms with Crippen molar-refractivity contribution in [3.05, 3.63) is 36.2 Å². The molecule has 2 N–H and O–H groups in total. The second-order valence-electron chi connectivity index (χ2n) is 3.76. The van der Waals surface area contributed by atoms with Gasteiger partial charge in [-0.2, -0.15) is 0 Å². The van der Waals surface area contributed by atoms with Crippen molar-refractivity contribution in [2.24, 2.45) is 0 Å². The molecule has 3 aromatic rings. The van der Waals surface area contributed by atoms with E-state index in [1.165, 1.54) is 0 Å². The SMILES string of the molecule is Cc1cccnc1-c1nc2cc(N)ncc2s1. The number of nitrogen functional groups attached to an aromatic ring is 1. The highest BCUT2D eigenvalue weighted by atomic mass is 32.1. The Kier molecular flexibility index (Phi) is 2.26. The fourth-order valence-electron chi connectivity index (χ4n) is 1.66. The summed E-state index contributed by atoms with van der Waals surface area (Å²) in [6.45, 7) is 2.03. The van der Waals surface area contributed by atoms with Crippen molar-refractivity contribution in [1.82, 2.24) is 15.0 Å². The van der Waals surface area contributed by atoms with Gasteiger partial charge in [0, 0.05) is 18.5 Å². The molecule has 5 heteroatoms. The summed E-state index contributed by atoms with van der Waals surface area (Å²) in [7, 11) is 0. The maximum Gasteiger partial charge on any atom is 0.143 e. The van der Waals surface area contributed by atoms with Crippen LogP contribution in [-0.2, 0) is 0 Å². The van der Waals surface area contributed by atoms with E-state index in [4.69, 9.17) is 5.73 Å². The molecule has 3 heterocycles. The summed E-state index contributed by atoms with van der Waals surface area (Å²) in [5.74, 6) is 0.493. The van der Waals surface area contributed by atoms with Crippen molar-refractivity contribution in [1.29, 1.82) is 0 Å². The van der Waals surface area contributed by atoms with Crippen molar-refractivity contribution in [3.63, 3.8) is 0 Å². The first-order chi connectivity index (χ1) is 8.24. The quantitative estimate of drug-likeness (QED) is 0.712. The molecule has 3 rings (SSSR count). The van der Waals surface area contributed by atoms with Gasteiger partial charge in [-0.05, 0) is 18.6 Å². The van der Waals surface area contributed by atoms with Gasteiger partial charge in [-0.15, -0.1) is 11.3 Å². The second-order valence-corrected chi connectivity index (χ2v) is 4.80. The molecular weight excluding hydrogens is 232 g/mol. The molecule has 0 bridgehead atoms. The van der Waals surface area contributed by atoms with E-state index < -0.39 is 0 Å². The lowest BCUT2D eigenvalue weighted by molar-refractivity contribution is 1.25. The van der Waals surface area contributed by atoms with Crippen molar-refractivity contribution < 1.29 is 0 Å². The minimum absolute atomic E-state index is 0.493. The normalized spacial score (nSPS) is 10.9. The number of nitrogens with zero attached hydrogens (tertiary/aromatic N) is 3. The summed E-state index contributed by atoms with van der Waals surface area (Å²) >= 11 is 1.58. The molecule has 0 amide bonds. The molecule has 0 spiro atoms. The van der Waals surface area contributed by atoms with Gasteiger partial charge in [0.25, 0.3) is 0 Å². The number of pyridine rings is 2. The molecule has 0 radical (unpaired) electrons. The first kappa shape index (κ1) is 10.2. The summed E-state index contributed by atoms with van der Waals surface area (Å²) in [5, 5.41) is 0.908. The Balaban J connectivity index is 2.22. The molecule has 17 heavy (non-hydrogen) atoms. The lowest BCUT2D eigenvalue weighted by Gasteiger charge is -1.98. The van der Waals surface area contributed by atoms with Crippen LogP contribution in [0.1, 0.15) is 5.56 Å². The smallest absolute Gasteiger partial charge is 0.143 e. The number of hydrogen-bond donors (Lipinski definition) is 1. The fourth-order valence-corrected chi connectivity index (χ4v) is 2.64. The summed E-state index contributed by atoms with van der Waals surface area (Å²) in [6, 6.07) is 5.74. The van der Waals surface area contributed by atoms with Crippen molar-refractivity contribution in [2.75, 3.05) is 5.73 Å². The summed E-state index contributed by atoms with van der Waals surface area (Å²) in [6.07, 6.45) is 3.53. The molecule has 84 valence electrons. The van der Waals surface area contributed by atoms with Gasteiger partial charge in [0.15, 0.2) is 0 Å². The molecule has 0 aliphatic rings. The number of anilines is 1. The minimum atomic E-state index is 0.493. The highest BCUT2D eigenvalue weighted by molar-refractivity contribution is 7.21. The van der Waals surface area contributed by atoms with Crippen LogP contribution in [0.25, 0.3) is 20.9 Å². The van der Waals surface area contributed by atoms with Gasteiger partial charge in [0.2, 0.25) is 0 Å². The van der Waals surface area contributed by atoms with Gasteiger partial charge in [-0.25, -0.2) is 9.97 Å². The van der Waals surface area contributed by atoms with Gasteiger partial charge in [0.1, 0.15) is 16.5 Å². The van der Waals surface area contributed by atoms with Crippen LogP contribution in [-0.4, -0.2) is 15.0 Å². The van der Waals surface area contributed by atoms with Gasteiger partial charge >= 0.3 is 0 Å². The maximum atomic E-state index is 5.64. The van der Waals surface area contributed by atoms with E-state index in [0.717, 1.165) is 26.5 Å². The van der Waals surface area contributed by atoms with Crippen LogP contribution >= 0.6 is 11.3 Å². The summed E-state index contributed by atoms with van der Waals surface area (Å²) < 4.78 is 1.03. The number of thiazole rings is 1. The topological polar surface area (TPSA) is 64.7 Å². The number of nitrogens with two attached hydrogens (primary N) is 1. The third-order valence-corrected chi connectivity index (χ3v) is 3.52. The maximum absolute atomic E-state index is 5.64. The van der Waals surface area contributed by atoms with Gasteiger partial charge < -0.3 is 5.73 Å². The number of rotatable bonds is 1. The zero-order valence-corrected chi connectivity index (χ0v) is 10.0. The van der Waals surface area contributed by atoms with E-state index in [-0.39, 0.29) is 0 Å². The Labute approximate surface area is 102 Å². The van der Waals surface area contributed by atoms with E-state index >= 15 is 0 Å². The Hall–Kier alpha value is -2.01. The molecule has 0 fully saturated rings. The van der Waals surface area contributed by atoms with E-state index in [9.17, 15) is 0 Å². The van der Waals surface area contributed by atoms with Gasteiger partial charge in [-0.1, -0.05) is 6.07 Å². The third-order valence-electron chi connectivity index (χ3n) is 2.51. The van der Waals surface area contributed by atoms with E-state index in [0.29, 0.717) is 5.82 Å². The zero-order valence-electron chi connectivity index (χ0n) is 9.21. The molecule has 0 saturated heterocycles. The number of aryl methyl sites for hydroxylation is 1. The monoisotopic (exact) mass is 242 g/mol. The van der Waals surface area contributed by atoms with Crippen LogP contribution in [0.15, 0.2) is 30.6 Å². The molecule has 4 nitrogen and oxygen atoms in total. The Morgan fingerprint density at radius 2 is 2.18 bits per heavy atom. The Morgan fingerprint density at radius 3 is 3.00 bits per heavy atom. The van der Waals surface area contributed by atoms with Crippen LogP contribution < -0.4 is 5.73 Å². The van der Waals surface area contributed by atoms with Crippen LogP contribution in [0.3, 0.4) is 0 Å². The van der Waals surface area contributed by atoms with E-state index in [1.807, 2.05) is 19.1 Å². The van der Waals surface area contributed by atoms with Crippen LogP contribution in [0, 0.1) is 6.92 Å². The average molecular weight is 242 g/mol. The minimum Gasteiger partial charge on any atom is -0.384 e. The van der Waals surface area contributed by atoms with Gasteiger partial charge in [-0.3, -0.25) is 4.98 Å². The van der Waals surface area contributed by atoms with E-state index in [1.54, 1.807) is 29.8 Å². The van der Waals surface area contributed by atoms with Crippen LogP contribution in [0.2, 0.25) is 0 Å². The standard InChI is InChI=1S/C12H10N4S/c1-7-3-2-4-14-11(7)12-16-8-5-10(13)15-6-9(8)17-12/h2-6H,1H3,(H2,13,15). The third kappa shape index (κ3) is 1.74. The van der Waals surface area contributed by atoms with Crippen molar-refractivity contribution in [2.45, 2.75) is 6.92 Å².